The first kappa shape index (κ1) is 14.5. The molecule has 0 saturated carbocycles. The number of carboxylic acid groups (broad SMARTS) is 1. The van der Waals surface area contributed by atoms with Crippen molar-refractivity contribution < 1.29 is 14.6 Å². The van der Waals surface area contributed by atoms with E-state index in [-0.39, 0.29) is 12.2 Å². The Morgan fingerprint density at radius 1 is 1.25 bits per heavy atom. The van der Waals surface area contributed by atoms with Gasteiger partial charge in [0, 0.05) is 5.56 Å². The van der Waals surface area contributed by atoms with E-state index in [4.69, 9.17) is 38.8 Å². The van der Waals surface area contributed by atoms with E-state index in [2.05, 4.69) is 0 Å². The molecule has 3 N–H and O–H groups in total. The fourth-order valence-corrected chi connectivity index (χ4v) is 1.98. The van der Waals surface area contributed by atoms with E-state index in [9.17, 15) is 4.79 Å². The molecule has 4 nitrogen and oxygen atoms in total. The van der Waals surface area contributed by atoms with Crippen molar-refractivity contribution in [3.05, 3.63) is 57.6 Å². The van der Waals surface area contributed by atoms with Crippen LogP contribution in [0.5, 0.6) is 5.75 Å². The molecule has 0 aliphatic heterocycles. The van der Waals surface area contributed by atoms with E-state index in [1.165, 1.54) is 18.2 Å². The van der Waals surface area contributed by atoms with Crippen molar-refractivity contribution in [1.82, 2.24) is 0 Å². The van der Waals surface area contributed by atoms with Gasteiger partial charge in [-0.25, -0.2) is 4.79 Å². The number of anilines is 1. The van der Waals surface area contributed by atoms with Crippen molar-refractivity contribution in [3.63, 3.8) is 0 Å². The van der Waals surface area contributed by atoms with Gasteiger partial charge in [0.25, 0.3) is 0 Å². The molecule has 0 aromatic heterocycles. The van der Waals surface area contributed by atoms with E-state index in [1.807, 2.05) is 0 Å². The Kier molecular flexibility index (Phi) is 4.37. The summed E-state index contributed by atoms with van der Waals surface area (Å²) < 4.78 is 5.52. The third-order valence-electron chi connectivity index (χ3n) is 2.68. The molecule has 0 aliphatic carbocycles. The van der Waals surface area contributed by atoms with Gasteiger partial charge in [-0.15, -0.1) is 0 Å². The Balaban J connectivity index is 2.20. The van der Waals surface area contributed by atoms with E-state index in [0.29, 0.717) is 27.0 Å². The van der Waals surface area contributed by atoms with Gasteiger partial charge in [-0.05, 0) is 24.3 Å². The Morgan fingerprint density at radius 2 is 2.00 bits per heavy atom. The molecule has 0 saturated heterocycles. The minimum atomic E-state index is -1.05. The number of ether oxygens (including phenoxy) is 1. The Hall–Kier alpha value is -1.91. The molecule has 0 unspecified atom stereocenters. The van der Waals surface area contributed by atoms with Crippen LogP contribution in [0.4, 0.5) is 5.69 Å². The summed E-state index contributed by atoms with van der Waals surface area (Å²) in [5, 5.41) is 9.77. The van der Waals surface area contributed by atoms with E-state index < -0.39 is 5.97 Å². The van der Waals surface area contributed by atoms with Crippen LogP contribution in [0.1, 0.15) is 15.9 Å². The molecule has 0 fully saturated rings. The average molecular weight is 312 g/mol. The van der Waals surface area contributed by atoms with E-state index in [1.54, 1.807) is 18.2 Å². The number of rotatable bonds is 4. The highest BCUT2D eigenvalue weighted by molar-refractivity contribution is 6.42. The summed E-state index contributed by atoms with van der Waals surface area (Å²) in [4.78, 5) is 10.9. The number of hydrogen-bond donors (Lipinski definition) is 2. The zero-order chi connectivity index (χ0) is 14.7. The van der Waals surface area contributed by atoms with E-state index >= 15 is 0 Å². The predicted molar refractivity (Wildman–Crippen MR) is 78.6 cm³/mol. The smallest absolute Gasteiger partial charge is 0.335 e. The van der Waals surface area contributed by atoms with Gasteiger partial charge in [-0.2, -0.15) is 0 Å². The highest BCUT2D eigenvalue weighted by atomic mass is 35.5. The van der Waals surface area contributed by atoms with Gasteiger partial charge in [0.05, 0.1) is 21.3 Å². The average Bonchev–Trinajstić information content (AvgIpc) is 2.41. The van der Waals surface area contributed by atoms with Gasteiger partial charge >= 0.3 is 5.97 Å². The molecular formula is C14H11Cl2NO3. The molecule has 0 heterocycles. The molecular weight excluding hydrogens is 301 g/mol. The van der Waals surface area contributed by atoms with Gasteiger partial charge in [-0.1, -0.05) is 35.3 Å². The summed E-state index contributed by atoms with van der Waals surface area (Å²) in [6.07, 6.45) is 0. The minimum absolute atomic E-state index is 0.103. The third kappa shape index (κ3) is 3.15. The summed E-state index contributed by atoms with van der Waals surface area (Å²) in [5.41, 5.74) is 6.90. The Labute approximate surface area is 125 Å². The first-order valence-electron chi connectivity index (χ1n) is 5.67. The zero-order valence-corrected chi connectivity index (χ0v) is 11.8. The quantitative estimate of drug-likeness (QED) is 0.841. The van der Waals surface area contributed by atoms with Crippen molar-refractivity contribution in [3.8, 4) is 5.75 Å². The van der Waals surface area contributed by atoms with Gasteiger partial charge in [-0.3, -0.25) is 0 Å². The highest BCUT2D eigenvalue weighted by Crippen LogP contribution is 2.28. The largest absolute Gasteiger partial charge is 0.487 e. The molecule has 20 heavy (non-hydrogen) atoms. The lowest BCUT2D eigenvalue weighted by Crippen LogP contribution is -2.02. The number of halogens is 2. The second kappa shape index (κ2) is 6.03. The summed E-state index contributed by atoms with van der Waals surface area (Å²) in [6, 6.07) is 9.47. The molecule has 0 aliphatic rings. The first-order valence-corrected chi connectivity index (χ1v) is 6.43. The second-order valence-electron chi connectivity index (χ2n) is 4.06. The van der Waals surface area contributed by atoms with Crippen molar-refractivity contribution in [2.45, 2.75) is 6.61 Å². The fourth-order valence-electron chi connectivity index (χ4n) is 1.61. The predicted octanol–water partition coefficient (Wildman–Crippen LogP) is 3.85. The van der Waals surface area contributed by atoms with Crippen molar-refractivity contribution >= 4 is 34.9 Å². The summed E-state index contributed by atoms with van der Waals surface area (Å²) >= 11 is 11.9. The molecule has 0 bridgehead atoms. The number of carbonyl (C=O) groups is 1. The van der Waals surface area contributed by atoms with Crippen LogP contribution in [-0.2, 0) is 6.61 Å². The molecule has 6 heteroatoms. The maximum absolute atomic E-state index is 10.9. The topological polar surface area (TPSA) is 72.6 Å². The number of carboxylic acids is 1. The standard InChI is InChI=1S/C14H11Cl2NO3/c15-10-3-1-2-9(13(10)16)7-20-12-6-8(14(18)19)4-5-11(12)17/h1-6H,7,17H2,(H,18,19). The molecule has 0 radical (unpaired) electrons. The molecule has 104 valence electrons. The van der Waals surface area contributed by atoms with Gasteiger partial charge in [0.1, 0.15) is 12.4 Å². The summed E-state index contributed by atoms with van der Waals surface area (Å²) in [6.45, 7) is 0.146. The monoisotopic (exact) mass is 311 g/mol. The number of nitrogens with two attached hydrogens (primary N) is 1. The van der Waals surface area contributed by atoms with E-state index in [0.717, 1.165) is 0 Å². The molecule has 2 rings (SSSR count). The lowest BCUT2D eigenvalue weighted by Gasteiger charge is -2.11. The lowest BCUT2D eigenvalue weighted by molar-refractivity contribution is 0.0696. The number of hydrogen-bond acceptors (Lipinski definition) is 3. The van der Waals surface area contributed by atoms with Crippen LogP contribution in [0.2, 0.25) is 10.0 Å². The molecule has 0 atom stereocenters. The third-order valence-corrected chi connectivity index (χ3v) is 3.53. The highest BCUT2D eigenvalue weighted by Gasteiger charge is 2.09. The van der Waals surface area contributed by atoms with Gasteiger partial charge in [0.2, 0.25) is 0 Å². The Morgan fingerprint density at radius 3 is 2.70 bits per heavy atom. The maximum atomic E-state index is 10.9. The lowest BCUT2D eigenvalue weighted by atomic mass is 10.2. The van der Waals surface area contributed by atoms with Crippen LogP contribution >= 0.6 is 23.2 Å². The minimum Gasteiger partial charge on any atom is -0.487 e. The molecule has 2 aromatic carbocycles. The van der Waals surface area contributed by atoms with Crippen LogP contribution in [0.3, 0.4) is 0 Å². The van der Waals surface area contributed by atoms with Crippen molar-refractivity contribution in [2.75, 3.05) is 5.73 Å². The summed E-state index contributed by atoms with van der Waals surface area (Å²) in [7, 11) is 0. The number of nitrogen functional groups attached to an aromatic ring is 1. The number of benzene rings is 2. The molecule has 0 spiro atoms. The fraction of sp³-hybridized carbons (Fsp3) is 0.0714. The molecule has 2 aromatic rings. The normalized spacial score (nSPS) is 10.3. The second-order valence-corrected chi connectivity index (χ2v) is 4.84. The molecule has 0 amide bonds. The van der Waals surface area contributed by atoms with Crippen molar-refractivity contribution in [2.24, 2.45) is 0 Å². The van der Waals surface area contributed by atoms with Gasteiger partial charge in [0.15, 0.2) is 0 Å². The van der Waals surface area contributed by atoms with Crippen LogP contribution in [0.25, 0.3) is 0 Å². The van der Waals surface area contributed by atoms with Crippen LogP contribution in [0, 0.1) is 0 Å². The maximum Gasteiger partial charge on any atom is 0.335 e. The van der Waals surface area contributed by atoms with Crippen LogP contribution < -0.4 is 10.5 Å². The zero-order valence-electron chi connectivity index (χ0n) is 10.3. The van der Waals surface area contributed by atoms with Gasteiger partial charge < -0.3 is 15.6 Å². The number of aromatic carboxylic acids is 1. The van der Waals surface area contributed by atoms with Crippen LogP contribution in [-0.4, -0.2) is 11.1 Å². The van der Waals surface area contributed by atoms with Crippen molar-refractivity contribution in [1.29, 1.82) is 0 Å². The Bertz CT molecular complexity index is 659. The first-order chi connectivity index (χ1) is 9.49. The van der Waals surface area contributed by atoms with Crippen LogP contribution in [0.15, 0.2) is 36.4 Å². The SMILES string of the molecule is Nc1ccc(C(=O)O)cc1OCc1cccc(Cl)c1Cl. The summed E-state index contributed by atoms with van der Waals surface area (Å²) in [5.74, 6) is -0.753.